The number of carbonyl (C=O) groups excluding carboxylic acids is 1. The van der Waals surface area contributed by atoms with E-state index in [0.717, 1.165) is 38.8 Å². The van der Waals surface area contributed by atoms with E-state index in [9.17, 15) is 4.79 Å². The minimum Gasteiger partial charge on any atom is -0.356 e. The summed E-state index contributed by atoms with van der Waals surface area (Å²) in [7, 11) is 0. The summed E-state index contributed by atoms with van der Waals surface area (Å²) in [5.41, 5.74) is 5.45. The van der Waals surface area contributed by atoms with Crippen LogP contribution in [0.3, 0.4) is 0 Å². The number of unbranched alkanes of at least 4 members (excludes halogenated alkanes) is 3. The second-order valence-corrected chi connectivity index (χ2v) is 5.54. The lowest BCUT2D eigenvalue weighted by atomic mass is 9.90. The van der Waals surface area contributed by atoms with E-state index in [2.05, 4.69) is 5.32 Å². The lowest BCUT2D eigenvalue weighted by Crippen LogP contribution is -2.31. The fourth-order valence-electron chi connectivity index (χ4n) is 2.70. The molecular formula is C15H30N2O. The summed E-state index contributed by atoms with van der Waals surface area (Å²) in [5, 5.41) is 3.11. The molecule has 0 spiro atoms. The maximum atomic E-state index is 12.0. The number of carbonyl (C=O) groups is 1. The summed E-state index contributed by atoms with van der Waals surface area (Å²) in [6, 6.07) is 0. The second-order valence-electron chi connectivity index (χ2n) is 5.54. The molecule has 0 bridgehead atoms. The predicted octanol–water partition coefficient (Wildman–Crippen LogP) is 2.98. The monoisotopic (exact) mass is 254 g/mol. The van der Waals surface area contributed by atoms with Gasteiger partial charge in [-0.1, -0.05) is 44.9 Å². The van der Waals surface area contributed by atoms with Gasteiger partial charge in [-0.3, -0.25) is 4.79 Å². The second kappa shape index (κ2) is 10.4. The average Bonchev–Trinajstić information content (AvgIpc) is 2.33. The molecule has 1 amide bonds. The molecule has 1 saturated carbocycles. The molecule has 106 valence electrons. The van der Waals surface area contributed by atoms with Crippen LogP contribution in [-0.4, -0.2) is 19.0 Å². The molecular weight excluding hydrogens is 224 g/mol. The molecule has 1 fully saturated rings. The Morgan fingerprint density at radius 1 is 0.944 bits per heavy atom. The summed E-state index contributed by atoms with van der Waals surface area (Å²) >= 11 is 0. The van der Waals surface area contributed by atoms with Crippen LogP contribution in [0.25, 0.3) is 0 Å². The normalized spacial score (nSPS) is 18.1. The van der Waals surface area contributed by atoms with Crippen LogP contribution < -0.4 is 11.1 Å². The topological polar surface area (TPSA) is 55.1 Å². The highest BCUT2D eigenvalue weighted by Crippen LogP contribution is 2.22. The molecule has 0 unspecified atom stereocenters. The average molecular weight is 254 g/mol. The first-order valence-corrected chi connectivity index (χ1v) is 7.82. The van der Waals surface area contributed by atoms with Crippen LogP contribution in [-0.2, 0) is 4.79 Å². The van der Waals surface area contributed by atoms with Gasteiger partial charge in [0.15, 0.2) is 0 Å². The predicted molar refractivity (Wildman–Crippen MR) is 76.3 cm³/mol. The summed E-state index contributed by atoms with van der Waals surface area (Å²) in [5.74, 6) is 0.588. The lowest BCUT2D eigenvalue weighted by molar-refractivity contribution is -0.125. The van der Waals surface area contributed by atoms with Gasteiger partial charge in [0.2, 0.25) is 5.91 Å². The smallest absolute Gasteiger partial charge is 0.223 e. The van der Waals surface area contributed by atoms with E-state index >= 15 is 0 Å². The van der Waals surface area contributed by atoms with Crippen LogP contribution in [0.2, 0.25) is 0 Å². The zero-order valence-corrected chi connectivity index (χ0v) is 11.8. The Morgan fingerprint density at radius 3 is 2.22 bits per heavy atom. The molecule has 3 heteroatoms. The molecule has 0 aromatic rings. The van der Waals surface area contributed by atoms with E-state index in [1.165, 1.54) is 44.9 Å². The van der Waals surface area contributed by atoms with Gasteiger partial charge in [-0.05, 0) is 32.2 Å². The van der Waals surface area contributed by atoms with Gasteiger partial charge in [0.1, 0.15) is 0 Å². The van der Waals surface area contributed by atoms with Crippen molar-refractivity contribution in [3.05, 3.63) is 0 Å². The number of nitrogens with two attached hydrogens (primary N) is 1. The van der Waals surface area contributed by atoms with E-state index in [4.69, 9.17) is 5.73 Å². The van der Waals surface area contributed by atoms with Gasteiger partial charge in [0.05, 0.1) is 0 Å². The maximum absolute atomic E-state index is 12.0. The molecule has 1 aliphatic carbocycles. The molecule has 3 nitrogen and oxygen atoms in total. The van der Waals surface area contributed by atoms with Gasteiger partial charge >= 0.3 is 0 Å². The van der Waals surface area contributed by atoms with Gasteiger partial charge in [-0.25, -0.2) is 0 Å². The molecule has 0 radical (unpaired) electrons. The fraction of sp³-hybridized carbons (Fsp3) is 0.933. The highest BCUT2D eigenvalue weighted by atomic mass is 16.1. The van der Waals surface area contributed by atoms with Gasteiger partial charge in [0.25, 0.3) is 0 Å². The first kappa shape index (κ1) is 15.5. The quantitative estimate of drug-likeness (QED) is 0.686. The van der Waals surface area contributed by atoms with Gasteiger partial charge in [-0.2, -0.15) is 0 Å². The van der Waals surface area contributed by atoms with E-state index in [1.54, 1.807) is 0 Å². The minimum absolute atomic E-state index is 0.286. The van der Waals surface area contributed by atoms with Crippen molar-refractivity contribution >= 4 is 5.91 Å². The molecule has 0 atom stereocenters. The zero-order chi connectivity index (χ0) is 13.1. The summed E-state index contributed by atoms with van der Waals surface area (Å²) in [6.07, 6.45) is 13.2. The molecule has 1 aliphatic rings. The molecule has 0 aliphatic heterocycles. The standard InChI is InChI=1S/C15H30N2O/c16-12-8-4-5-9-13-17-15(18)14-10-6-2-1-3-7-11-14/h14H,1-13,16H2,(H,17,18). The summed E-state index contributed by atoms with van der Waals surface area (Å²) in [6.45, 7) is 1.63. The lowest BCUT2D eigenvalue weighted by Gasteiger charge is -2.19. The molecule has 0 saturated heterocycles. The van der Waals surface area contributed by atoms with Crippen LogP contribution in [0.4, 0.5) is 0 Å². The molecule has 0 heterocycles. The Bertz CT molecular complexity index is 211. The fourth-order valence-corrected chi connectivity index (χ4v) is 2.70. The van der Waals surface area contributed by atoms with Crippen molar-refractivity contribution in [2.24, 2.45) is 11.7 Å². The van der Waals surface area contributed by atoms with Crippen LogP contribution in [0.1, 0.15) is 70.6 Å². The van der Waals surface area contributed by atoms with E-state index in [0.29, 0.717) is 5.91 Å². The van der Waals surface area contributed by atoms with Crippen molar-refractivity contribution in [1.82, 2.24) is 5.32 Å². The van der Waals surface area contributed by atoms with Crippen LogP contribution >= 0.6 is 0 Å². The largest absolute Gasteiger partial charge is 0.356 e. The molecule has 0 aromatic carbocycles. The third kappa shape index (κ3) is 7.00. The minimum atomic E-state index is 0.286. The van der Waals surface area contributed by atoms with Crippen molar-refractivity contribution in [2.45, 2.75) is 70.6 Å². The van der Waals surface area contributed by atoms with Crippen molar-refractivity contribution < 1.29 is 4.79 Å². The third-order valence-electron chi connectivity index (χ3n) is 3.91. The van der Waals surface area contributed by atoms with E-state index < -0.39 is 0 Å². The third-order valence-corrected chi connectivity index (χ3v) is 3.91. The van der Waals surface area contributed by atoms with E-state index in [-0.39, 0.29) is 5.92 Å². The number of hydrogen-bond acceptors (Lipinski definition) is 2. The Hall–Kier alpha value is -0.570. The first-order chi connectivity index (χ1) is 8.84. The van der Waals surface area contributed by atoms with Gasteiger partial charge in [0, 0.05) is 12.5 Å². The summed E-state index contributed by atoms with van der Waals surface area (Å²) < 4.78 is 0. The first-order valence-electron chi connectivity index (χ1n) is 7.82. The van der Waals surface area contributed by atoms with Crippen molar-refractivity contribution in [1.29, 1.82) is 0 Å². The molecule has 3 N–H and O–H groups in total. The Balaban J connectivity index is 2.06. The van der Waals surface area contributed by atoms with Crippen LogP contribution in [0, 0.1) is 5.92 Å². The molecule has 1 rings (SSSR count). The van der Waals surface area contributed by atoms with Gasteiger partial charge < -0.3 is 11.1 Å². The number of amides is 1. The van der Waals surface area contributed by atoms with Crippen molar-refractivity contribution in [3.8, 4) is 0 Å². The highest BCUT2D eigenvalue weighted by molar-refractivity contribution is 5.78. The number of rotatable bonds is 7. The van der Waals surface area contributed by atoms with E-state index in [1.807, 2.05) is 0 Å². The Morgan fingerprint density at radius 2 is 1.56 bits per heavy atom. The Labute approximate surface area is 112 Å². The number of nitrogens with one attached hydrogen (secondary N) is 1. The van der Waals surface area contributed by atoms with Gasteiger partial charge in [-0.15, -0.1) is 0 Å². The summed E-state index contributed by atoms with van der Waals surface area (Å²) in [4.78, 5) is 12.0. The molecule has 18 heavy (non-hydrogen) atoms. The van der Waals surface area contributed by atoms with Crippen molar-refractivity contribution in [3.63, 3.8) is 0 Å². The SMILES string of the molecule is NCCCCCCNC(=O)C1CCCCCCC1. The van der Waals surface area contributed by atoms with Crippen LogP contribution in [0.5, 0.6) is 0 Å². The molecule has 0 aromatic heterocycles. The van der Waals surface area contributed by atoms with Crippen molar-refractivity contribution in [2.75, 3.05) is 13.1 Å². The van der Waals surface area contributed by atoms with Crippen LogP contribution in [0.15, 0.2) is 0 Å². The number of hydrogen-bond donors (Lipinski definition) is 2. The zero-order valence-electron chi connectivity index (χ0n) is 11.8. The maximum Gasteiger partial charge on any atom is 0.223 e. The Kier molecular flexibility index (Phi) is 8.92. The highest BCUT2D eigenvalue weighted by Gasteiger charge is 2.18.